The van der Waals surface area contributed by atoms with Crippen LogP contribution in [0.3, 0.4) is 0 Å². The van der Waals surface area contributed by atoms with Crippen molar-refractivity contribution < 1.29 is 13.2 Å². The Kier molecular flexibility index (Phi) is 4.36. The Bertz CT molecular complexity index is 737. The van der Waals surface area contributed by atoms with Gasteiger partial charge in [-0.05, 0) is 43.2 Å². The predicted molar refractivity (Wildman–Crippen MR) is 95.4 cm³/mol. The van der Waals surface area contributed by atoms with E-state index < -0.39 is 10.0 Å². The van der Waals surface area contributed by atoms with E-state index in [0.717, 1.165) is 38.5 Å². The molecule has 0 aromatic heterocycles. The standard InChI is InChI=1S/C19H26N2O3S/c22-18(20-15-9-10-15)17-13-21(14-19(17)11-5-2-6-12-19)25(23,24)16-7-3-1-4-8-16/h1,3-4,7-8,15,17H,2,5-6,9-14H2,(H,20,22). The van der Waals surface area contributed by atoms with E-state index in [0.29, 0.717) is 24.0 Å². The van der Waals surface area contributed by atoms with E-state index in [1.54, 1.807) is 28.6 Å². The van der Waals surface area contributed by atoms with Gasteiger partial charge in [0.05, 0.1) is 10.8 Å². The first-order valence-corrected chi connectivity index (χ1v) is 10.8. The molecule has 3 aliphatic rings. The van der Waals surface area contributed by atoms with Crippen LogP contribution in [0.2, 0.25) is 0 Å². The fraction of sp³-hybridized carbons (Fsp3) is 0.632. The summed E-state index contributed by atoms with van der Waals surface area (Å²) in [6, 6.07) is 8.90. The number of nitrogens with one attached hydrogen (secondary N) is 1. The van der Waals surface area contributed by atoms with Crippen molar-refractivity contribution in [1.82, 2.24) is 9.62 Å². The Morgan fingerprint density at radius 3 is 2.40 bits per heavy atom. The van der Waals surface area contributed by atoms with Gasteiger partial charge < -0.3 is 5.32 Å². The summed E-state index contributed by atoms with van der Waals surface area (Å²) in [5.41, 5.74) is -0.181. The van der Waals surface area contributed by atoms with Gasteiger partial charge in [-0.25, -0.2) is 8.42 Å². The maximum atomic E-state index is 13.1. The van der Waals surface area contributed by atoms with Gasteiger partial charge in [-0.2, -0.15) is 4.31 Å². The maximum Gasteiger partial charge on any atom is 0.243 e. The summed E-state index contributed by atoms with van der Waals surface area (Å²) in [4.78, 5) is 13.2. The van der Waals surface area contributed by atoms with Crippen LogP contribution in [-0.4, -0.2) is 37.8 Å². The quantitative estimate of drug-likeness (QED) is 0.895. The molecule has 1 aromatic carbocycles. The van der Waals surface area contributed by atoms with Crippen molar-refractivity contribution in [3.8, 4) is 0 Å². The van der Waals surface area contributed by atoms with Crippen LogP contribution < -0.4 is 5.32 Å². The summed E-state index contributed by atoms with van der Waals surface area (Å²) in [5, 5.41) is 3.12. The number of hydrogen-bond donors (Lipinski definition) is 1. The van der Waals surface area contributed by atoms with Crippen LogP contribution in [0.25, 0.3) is 0 Å². The van der Waals surface area contributed by atoms with Gasteiger partial charge in [0.15, 0.2) is 0 Å². The molecule has 1 N–H and O–H groups in total. The molecule has 25 heavy (non-hydrogen) atoms. The number of carbonyl (C=O) groups is 1. The molecule has 1 atom stereocenters. The first kappa shape index (κ1) is 17.0. The Labute approximate surface area is 149 Å². The summed E-state index contributed by atoms with van der Waals surface area (Å²) in [6.07, 6.45) is 7.38. The Hall–Kier alpha value is -1.40. The zero-order chi connectivity index (χ0) is 17.5. The molecule has 4 rings (SSSR count). The summed E-state index contributed by atoms with van der Waals surface area (Å²) < 4.78 is 27.7. The third kappa shape index (κ3) is 3.22. The molecule has 0 radical (unpaired) electrons. The van der Waals surface area contributed by atoms with Crippen LogP contribution in [0.4, 0.5) is 0 Å². The second-order valence-corrected chi connectivity index (χ2v) is 9.81. The molecule has 136 valence electrons. The highest BCUT2D eigenvalue weighted by atomic mass is 32.2. The fourth-order valence-electron chi connectivity index (χ4n) is 4.50. The van der Waals surface area contributed by atoms with E-state index in [1.165, 1.54) is 6.42 Å². The zero-order valence-electron chi connectivity index (χ0n) is 14.5. The molecule has 0 bridgehead atoms. The van der Waals surface area contributed by atoms with Gasteiger partial charge in [-0.15, -0.1) is 0 Å². The number of benzene rings is 1. The number of hydrogen-bond acceptors (Lipinski definition) is 3. The number of carbonyl (C=O) groups excluding carboxylic acids is 1. The lowest BCUT2D eigenvalue weighted by Crippen LogP contribution is -2.43. The van der Waals surface area contributed by atoms with Crippen molar-refractivity contribution in [3.05, 3.63) is 30.3 Å². The van der Waals surface area contributed by atoms with Gasteiger partial charge in [0.1, 0.15) is 0 Å². The first-order chi connectivity index (χ1) is 12.0. The van der Waals surface area contributed by atoms with Gasteiger partial charge in [0.2, 0.25) is 15.9 Å². The van der Waals surface area contributed by atoms with Crippen LogP contribution in [0.15, 0.2) is 35.2 Å². The molecule has 1 aliphatic heterocycles. The number of amides is 1. The molecular weight excluding hydrogens is 336 g/mol. The second kappa shape index (κ2) is 6.40. The van der Waals surface area contributed by atoms with Crippen LogP contribution in [0.1, 0.15) is 44.9 Å². The molecule has 1 unspecified atom stereocenters. The van der Waals surface area contributed by atoms with E-state index in [4.69, 9.17) is 0 Å². The van der Waals surface area contributed by atoms with Crippen molar-refractivity contribution in [3.63, 3.8) is 0 Å². The highest BCUT2D eigenvalue weighted by molar-refractivity contribution is 7.89. The van der Waals surface area contributed by atoms with Crippen molar-refractivity contribution in [1.29, 1.82) is 0 Å². The highest BCUT2D eigenvalue weighted by Crippen LogP contribution is 2.49. The van der Waals surface area contributed by atoms with Gasteiger partial charge >= 0.3 is 0 Å². The van der Waals surface area contributed by atoms with E-state index in [1.807, 2.05) is 6.07 Å². The average molecular weight is 362 g/mol. The second-order valence-electron chi connectivity index (χ2n) is 7.87. The molecule has 2 saturated carbocycles. The van der Waals surface area contributed by atoms with E-state index in [2.05, 4.69) is 5.32 Å². The highest BCUT2D eigenvalue weighted by Gasteiger charge is 2.53. The molecule has 2 aliphatic carbocycles. The van der Waals surface area contributed by atoms with Crippen molar-refractivity contribution in [2.45, 2.75) is 55.9 Å². The summed E-state index contributed by atoms with van der Waals surface area (Å²) >= 11 is 0. The lowest BCUT2D eigenvalue weighted by molar-refractivity contribution is -0.128. The van der Waals surface area contributed by atoms with E-state index in [9.17, 15) is 13.2 Å². The molecule has 1 aromatic rings. The molecular formula is C19H26N2O3S. The predicted octanol–water partition coefficient (Wildman–Crippen LogP) is 2.54. The minimum Gasteiger partial charge on any atom is -0.353 e. The Morgan fingerprint density at radius 2 is 1.76 bits per heavy atom. The summed E-state index contributed by atoms with van der Waals surface area (Å²) in [7, 11) is -3.54. The smallest absolute Gasteiger partial charge is 0.243 e. The molecule has 6 heteroatoms. The van der Waals surface area contributed by atoms with Crippen LogP contribution in [0.5, 0.6) is 0 Å². The van der Waals surface area contributed by atoms with Gasteiger partial charge in [0.25, 0.3) is 0 Å². The average Bonchev–Trinajstić information content (AvgIpc) is 3.36. The first-order valence-electron chi connectivity index (χ1n) is 9.37. The normalized spacial score (nSPS) is 26.6. The van der Waals surface area contributed by atoms with E-state index >= 15 is 0 Å². The van der Waals surface area contributed by atoms with Crippen LogP contribution in [0, 0.1) is 11.3 Å². The molecule has 1 amide bonds. The fourth-order valence-corrected chi connectivity index (χ4v) is 6.07. The maximum absolute atomic E-state index is 13.1. The lowest BCUT2D eigenvalue weighted by atomic mass is 9.67. The molecule has 5 nitrogen and oxygen atoms in total. The van der Waals surface area contributed by atoms with Crippen molar-refractivity contribution in [2.24, 2.45) is 11.3 Å². The molecule has 1 saturated heterocycles. The topological polar surface area (TPSA) is 66.5 Å². The Morgan fingerprint density at radius 1 is 1.08 bits per heavy atom. The minimum absolute atomic E-state index is 0.0650. The zero-order valence-corrected chi connectivity index (χ0v) is 15.3. The molecule has 1 heterocycles. The third-order valence-electron chi connectivity index (χ3n) is 6.09. The number of sulfonamides is 1. The van der Waals surface area contributed by atoms with Crippen molar-refractivity contribution in [2.75, 3.05) is 13.1 Å². The summed E-state index contributed by atoms with van der Waals surface area (Å²) in [5.74, 6) is -0.151. The lowest BCUT2D eigenvalue weighted by Gasteiger charge is -2.37. The molecule has 3 fully saturated rings. The SMILES string of the molecule is O=C(NC1CC1)C1CN(S(=O)(=O)c2ccccc2)CC12CCCCC2. The van der Waals surface area contributed by atoms with Crippen molar-refractivity contribution >= 4 is 15.9 Å². The molecule has 1 spiro atoms. The largest absolute Gasteiger partial charge is 0.353 e. The van der Waals surface area contributed by atoms with E-state index in [-0.39, 0.29) is 17.2 Å². The van der Waals surface area contributed by atoms with Gasteiger partial charge in [-0.3, -0.25) is 4.79 Å². The third-order valence-corrected chi connectivity index (χ3v) is 7.91. The minimum atomic E-state index is -3.54. The Balaban J connectivity index is 1.61. The monoisotopic (exact) mass is 362 g/mol. The number of rotatable bonds is 4. The number of nitrogens with zero attached hydrogens (tertiary/aromatic N) is 1. The summed E-state index contributed by atoms with van der Waals surface area (Å²) in [6.45, 7) is 0.794. The van der Waals surface area contributed by atoms with Crippen LogP contribution >= 0.6 is 0 Å². The van der Waals surface area contributed by atoms with Gasteiger partial charge in [-0.1, -0.05) is 37.5 Å². The van der Waals surface area contributed by atoms with Gasteiger partial charge in [0, 0.05) is 19.1 Å². The van der Waals surface area contributed by atoms with Crippen LogP contribution in [-0.2, 0) is 14.8 Å².